The highest BCUT2D eigenvalue weighted by atomic mass is 32.1. The van der Waals surface area contributed by atoms with Gasteiger partial charge in [-0.15, -0.1) is 11.3 Å². The van der Waals surface area contributed by atoms with Gasteiger partial charge in [0, 0.05) is 35.0 Å². The number of nitrogens with zero attached hydrogens (tertiary/aromatic N) is 6. The van der Waals surface area contributed by atoms with E-state index in [2.05, 4.69) is 30.3 Å². The second kappa shape index (κ2) is 12.2. The fourth-order valence-corrected chi connectivity index (χ4v) is 10.5. The maximum absolute atomic E-state index is 13.4. The first-order chi connectivity index (χ1) is 24.4. The van der Waals surface area contributed by atoms with Crippen LogP contribution in [-0.2, 0) is 35.8 Å². The van der Waals surface area contributed by atoms with Crippen molar-refractivity contribution in [3.05, 3.63) is 56.4 Å². The number of nitrogens with one attached hydrogen (secondary N) is 1. The van der Waals surface area contributed by atoms with Crippen LogP contribution in [0.3, 0.4) is 0 Å². The zero-order chi connectivity index (χ0) is 34.1. The van der Waals surface area contributed by atoms with Crippen LogP contribution in [0.5, 0.6) is 5.88 Å². The van der Waals surface area contributed by atoms with Crippen molar-refractivity contribution in [2.45, 2.75) is 101 Å². The number of ether oxygens (including phenoxy) is 2. The molecule has 4 aromatic rings. The van der Waals surface area contributed by atoms with Crippen molar-refractivity contribution in [2.24, 2.45) is 0 Å². The monoisotopic (exact) mass is 694 g/mol. The molecule has 2 saturated heterocycles. The normalized spacial score (nSPS) is 24.7. The van der Waals surface area contributed by atoms with E-state index in [4.69, 9.17) is 34.9 Å². The minimum Gasteiger partial charge on any atom is -0.473 e. The molecule has 0 bridgehead atoms. The number of fused-ring (bicyclic) bond motifs is 7. The van der Waals surface area contributed by atoms with Gasteiger partial charge in [0.1, 0.15) is 23.0 Å². The van der Waals surface area contributed by atoms with Gasteiger partial charge >= 0.3 is 0 Å². The zero-order valence-electron chi connectivity index (χ0n) is 28.6. The summed E-state index contributed by atoms with van der Waals surface area (Å²) in [5.41, 5.74) is 11.7. The van der Waals surface area contributed by atoms with Gasteiger partial charge in [0.05, 0.1) is 34.8 Å². The molecule has 3 aliphatic heterocycles. The molecule has 0 radical (unpaired) electrons. The maximum Gasteiger partial charge on any atom is 0.253 e. The molecule has 9 rings (SSSR count). The number of likely N-dealkylation sites (N-methyl/N-ethyl adjacent to an activating group) is 1. The minimum atomic E-state index is -0.444. The number of amides is 1. The fraction of sp³-hybridized carbons (Fsp3) is 0.541. The smallest absolute Gasteiger partial charge is 0.253 e. The van der Waals surface area contributed by atoms with Crippen LogP contribution in [0.4, 0.5) is 5.00 Å². The van der Waals surface area contributed by atoms with Gasteiger partial charge in [-0.3, -0.25) is 9.69 Å². The molecule has 13 heteroatoms. The summed E-state index contributed by atoms with van der Waals surface area (Å²) in [4.78, 5) is 27.3. The van der Waals surface area contributed by atoms with E-state index in [0.29, 0.717) is 65.4 Å². The maximum atomic E-state index is 13.4. The number of likely N-dealkylation sites (tertiary alicyclic amines) is 1. The lowest BCUT2D eigenvalue weighted by molar-refractivity contribution is 0.0929. The van der Waals surface area contributed by atoms with Crippen LogP contribution >= 0.6 is 11.3 Å². The van der Waals surface area contributed by atoms with Gasteiger partial charge in [-0.2, -0.15) is 10.2 Å². The Hall–Kier alpha value is -4.25. The van der Waals surface area contributed by atoms with Gasteiger partial charge in [-0.05, 0) is 103 Å². The Balaban J connectivity index is 1.15. The van der Waals surface area contributed by atoms with E-state index >= 15 is 0 Å². The Morgan fingerprint density at radius 2 is 2.04 bits per heavy atom. The van der Waals surface area contributed by atoms with Crippen LogP contribution in [0.1, 0.15) is 101 Å². The third-order valence-electron chi connectivity index (χ3n) is 11.8. The van der Waals surface area contributed by atoms with Crippen molar-refractivity contribution in [1.29, 1.82) is 5.26 Å². The van der Waals surface area contributed by atoms with Crippen molar-refractivity contribution >= 4 is 22.2 Å². The molecule has 4 atom stereocenters. The first-order valence-electron chi connectivity index (χ1n) is 18.0. The van der Waals surface area contributed by atoms with Crippen molar-refractivity contribution in [1.82, 2.24) is 29.9 Å². The second-order valence-corrected chi connectivity index (χ2v) is 15.8. The number of rotatable bonds is 6. The summed E-state index contributed by atoms with van der Waals surface area (Å²) in [6, 6.07) is 4.61. The summed E-state index contributed by atoms with van der Waals surface area (Å²) in [7, 11) is 2.15. The van der Waals surface area contributed by atoms with Crippen molar-refractivity contribution in [3.63, 3.8) is 0 Å². The highest BCUT2D eigenvalue weighted by Gasteiger charge is 2.49. The van der Waals surface area contributed by atoms with Crippen LogP contribution in [0.15, 0.2) is 16.8 Å². The van der Waals surface area contributed by atoms with E-state index in [1.54, 1.807) is 0 Å². The SMILES string of the molecule is C[C@H](Oc1nc(-c2noc3c2CCCC32CCCc3sc(N)c(C#N)c32)nc2c1CCc1c(C(=O)N[C@H]3CCOC3)ccn1-2)[C@@H]1CCCN1C. The molecule has 260 valence electrons. The second-order valence-electron chi connectivity index (χ2n) is 14.6. The fourth-order valence-electron chi connectivity index (χ4n) is 9.35. The number of carbonyl (C=O) groups is 1. The number of hydrogen-bond acceptors (Lipinski definition) is 11. The first kappa shape index (κ1) is 31.7. The number of anilines is 1. The predicted octanol–water partition coefficient (Wildman–Crippen LogP) is 4.88. The van der Waals surface area contributed by atoms with Crippen molar-refractivity contribution in [3.8, 4) is 29.3 Å². The molecule has 1 unspecified atom stereocenters. The average Bonchev–Trinajstić information content (AvgIpc) is 3.95. The molecular formula is C37H42N8O4S. The van der Waals surface area contributed by atoms with E-state index in [1.807, 2.05) is 16.8 Å². The molecule has 0 saturated carbocycles. The zero-order valence-corrected chi connectivity index (χ0v) is 29.4. The molecule has 12 nitrogen and oxygen atoms in total. The Morgan fingerprint density at radius 3 is 2.82 bits per heavy atom. The van der Waals surface area contributed by atoms with Crippen LogP contribution in [-0.4, -0.2) is 75.5 Å². The third-order valence-corrected chi connectivity index (χ3v) is 12.9. The Labute approximate surface area is 294 Å². The van der Waals surface area contributed by atoms with Gasteiger partial charge < -0.3 is 29.6 Å². The number of aromatic nitrogens is 4. The molecule has 1 amide bonds. The number of nitrogens with two attached hydrogens (primary N) is 1. The largest absolute Gasteiger partial charge is 0.473 e. The summed E-state index contributed by atoms with van der Waals surface area (Å²) in [5.74, 6) is 2.45. The van der Waals surface area contributed by atoms with Gasteiger partial charge in [0.25, 0.3) is 5.91 Å². The van der Waals surface area contributed by atoms with Gasteiger partial charge in [0.2, 0.25) is 5.88 Å². The summed E-state index contributed by atoms with van der Waals surface area (Å²) in [6.45, 7) is 4.38. The molecule has 0 aromatic carbocycles. The van der Waals surface area contributed by atoms with E-state index in [1.165, 1.54) is 16.2 Å². The van der Waals surface area contributed by atoms with Crippen molar-refractivity contribution in [2.75, 3.05) is 32.5 Å². The van der Waals surface area contributed by atoms with E-state index in [0.717, 1.165) is 92.5 Å². The number of nitrogen functional groups attached to an aromatic ring is 1. The number of aryl methyl sites for hydroxylation is 1. The highest BCUT2D eigenvalue weighted by molar-refractivity contribution is 7.16. The molecule has 4 aromatic heterocycles. The lowest BCUT2D eigenvalue weighted by atomic mass is 9.63. The number of nitriles is 1. The topological polar surface area (TPSA) is 157 Å². The minimum absolute atomic E-state index is 0.0229. The Morgan fingerprint density at radius 1 is 1.18 bits per heavy atom. The van der Waals surface area contributed by atoms with Crippen LogP contribution in [0.2, 0.25) is 0 Å². The van der Waals surface area contributed by atoms with Gasteiger partial charge in [-0.1, -0.05) is 5.16 Å². The lowest BCUT2D eigenvalue weighted by Crippen LogP contribution is -2.38. The summed E-state index contributed by atoms with van der Waals surface area (Å²) in [6.07, 6.45) is 11.6. The third kappa shape index (κ3) is 4.90. The molecule has 7 heterocycles. The molecule has 2 fully saturated rings. The molecule has 3 N–H and O–H groups in total. The van der Waals surface area contributed by atoms with E-state index in [9.17, 15) is 10.1 Å². The first-order valence-corrected chi connectivity index (χ1v) is 18.9. The van der Waals surface area contributed by atoms with Gasteiger partial charge in [-0.25, -0.2) is 4.98 Å². The lowest BCUT2D eigenvalue weighted by Gasteiger charge is -2.39. The molecule has 50 heavy (non-hydrogen) atoms. The van der Waals surface area contributed by atoms with E-state index in [-0.39, 0.29) is 24.1 Å². The van der Waals surface area contributed by atoms with Gasteiger partial charge in [0.15, 0.2) is 17.3 Å². The Bertz CT molecular complexity index is 2030. The number of thiophene rings is 1. The standard InChI is InChI=1S/C37H42N8O4S/c1-20(26-7-5-15-44(26)2)48-36-24-9-10-27-22(35(46)40-21-12-17-47-19-21)11-16-45(27)34(24)41-33(42-36)30-23-6-3-13-37(31(23)49-43-30)14-4-8-28-29(37)25(18-38)32(39)50-28/h11,16,20-21,26H,3-10,12-15,17,19,39H2,1-2H3,(H,40,46)/t20-,21-,26-,37?/m0/s1. The molecule has 5 aliphatic rings. The predicted molar refractivity (Wildman–Crippen MR) is 187 cm³/mol. The van der Waals surface area contributed by atoms with Crippen LogP contribution in [0.25, 0.3) is 17.3 Å². The average molecular weight is 695 g/mol. The highest BCUT2D eigenvalue weighted by Crippen LogP contribution is 2.55. The molecular weight excluding hydrogens is 653 g/mol. The molecule has 2 aliphatic carbocycles. The van der Waals surface area contributed by atoms with E-state index < -0.39 is 5.41 Å². The number of hydrogen-bond donors (Lipinski definition) is 2. The summed E-state index contributed by atoms with van der Waals surface area (Å²) in [5, 5.41) is 18.6. The summed E-state index contributed by atoms with van der Waals surface area (Å²) >= 11 is 1.54. The van der Waals surface area contributed by atoms with Crippen molar-refractivity contribution < 1.29 is 18.8 Å². The van der Waals surface area contributed by atoms with Crippen LogP contribution < -0.4 is 15.8 Å². The molecule has 1 spiro atoms. The summed E-state index contributed by atoms with van der Waals surface area (Å²) < 4.78 is 20.6. The Kier molecular flexibility index (Phi) is 7.75. The number of carbonyl (C=O) groups excluding carboxylic acids is 1. The van der Waals surface area contributed by atoms with Crippen LogP contribution in [0, 0.1) is 11.3 Å². The quantitative estimate of drug-likeness (QED) is 0.285.